The van der Waals surface area contributed by atoms with E-state index in [0.717, 1.165) is 41.9 Å². The molecule has 2 aromatic carbocycles. The van der Waals surface area contributed by atoms with Crippen LogP contribution in [0.25, 0.3) is 0 Å². The Morgan fingerprint density at radius 2 is 1.62 bits per heavy atom. The number of ether oxygens (including phenoxy) is 2. The fraction of sp³-hybridized carbons (Fsp3) is 0.481. The van der Waals surface area contributed by atoms with Crippen LogP contribution >= 0.6 is 0 Å². The molecule has 2 heterocycles. The van der Waals surface area contributed by atoms with Gasteiger partial charge in [-0.1, -0.05) is 36.4 Å². The molecule has 0 unspecified atom stereocenters. The van der Waals surface area contributed by atoms with Crippen molar-refractivity contribution in [3.05, 3.63) is 59.7 Å². The van der Waals surface area contributed by atoms with E-state index in [1.165, 1.54) is 0 Å². The lowest BCUT2D eigenvalue weighted by Gasteiger charge is -2.41. The number of hydrogen-bond donors (Lipinski definition) is 3. The third-order valence-corrected chi connectivity index (χ3v) is 7.13. The maximum Gasteiger partial charge on any atom is 0.224 e. The standard InChI is InChI=1S/C27H35N3O4/c1-28-25(31)19-15-20(17-29-16-19)26(32)30-18-27(13-7-8-14-33-2)21-9-3-5-11-23(21)34-24-12-6-4-10-22(24)27/h3-6,9-12,19-20,29H,7-8,13-18H2,1-2H3,(H,28,31)(H,30,32)/t19-,20+/m1/s1. The fourth-order valence-electron chi connectivity index (χ4n) is 5.31. The molecule has 2 aliphatic rings. The van der Waals surface area contributed by atoms with E-state index in [9.17, 15) is 9.59 Å². The Hall–Kier alpha value is -2.90. The molecule has 0 radical (unpaired) electrons. The minimum absolute atomic E-state index is 0.0150. The van der Waals surface area contributed by atoms with Crippen molar-refractivity contribution in [1.82, 2.24) is 16.0 Å². The van der Waals surface area contributed by atoms with Gasteiger partial charge in [-0.15, -0.1) is 0 Å². The first-order valence-electron chi connectivity index (χ1n) is 12.1. The van der Waals surface area contributed by atoms with E-state index in [1.807, 2.05) is 36.4 Å². The Bertz CT molecular complexity index is 963. The summed E-state index contributed by atoms with van der Waals surface area (Å²) in [4.78, 5) is 25.4. The van der Waals surface area contributed by atoms with Crippen LogP contribution in [-0.2, 0) is 19.7 Å². The molecule has 7 nitrogen and oxygen atoms in total. The predicted molar refractivity (Wildman–Crippen MR) is 131 cm³/mol. The molecule has 1 saturated heterocycles. The van der Waals surface area contributed by atoms with Gasteiger partial charge >= 0.3 is 0 Å². The average molecular weight is 466 g/mol. The number of benzene rings is 2. The van der Waals surface area contributed by atoms with Crippen molar-refractivity contribution >= 4 is 11.8 Å². The molecule has 2 aromatic rings. The lowest BCUT2D eigenvalue weighted by atomic mass is 9.69. The van der Waals surface area contributed by atoms with E-state index in [4.69, 9.17) is 9.47 Å². The van der Waals surface area contributed by atoms with Crippen LogP contribution < -0.4 is 20.7 Å². The number of hydrogen-bond acceptors (Lipinski definition) is 5. The van der Waals surface area contributed by atoms with Crippen molar-refractivity contribution in [2.24, 2.45) is 11.8 Å². The lowest BCUT2D eigenvalue weighted by molar-refractivity contribution is -0.129. The zero-order chi connectivity index (χ0) is 24.0. The van der Waals surface area contributed by atoms with E-state index >= 15 is 0 Å². The number of nitrogens with one attached hydrogen (secondary N) is 3. The number of methoxy groups -OCH3 is 1. The Morgan fingerprint density at radius 3 is 2.24 bits per heavy atom. The van der Waals surface area contributed by atoms with E-state index in [0.29, 0.717) is 32.7 Å². The highest BCUT2D eigenvalue weighted by atomic mass is 16.5. The summed E-state index contributed by atoms with van der Waals surface area (Å²) in [6.45, 7) is 2.36. The van der Waals surface area contributed by atoms with Crippen molar-refractivity contribution in [2.45, 2.75) is 31.1 Å². The molecule has 182 valence electrons. The molecule has 7 heteroatoms. The van der Waals surface area contributed by atoms with Crippen molar-refractivity contribution in [3.8, 4) is 11.5 Å². The third-order valence-electron chi connectivity index (χ3n) is 7.13. The molecule has 2 aliphatic heterocycles. The second kappa shape index (κ2) is 11.0. The molecule has 0 spiro atoms. The lowest BCUT2D eigenvalue weighted by Crippen LogP contribution is -2.50. The molecule has 1 fully saturated rings. The summed E-state index contributed by atoms with van der Waals surface area (Å²) in [6.07, 6.45) is 3.31. The van der Waals surface area contributed by atoms with Crippen LogP contribution in [0.5, 0.6) is 11.5 Å². The van der Waals surface area contributed by atoms with Crippen LogP contribution in [0.1, 0.15) is 36.8 Å². The van der Waals surface area contributed by atoms with E-state index in [2.05, 4.69) is 28.1 Å². The van der Waals surface area contributed by atoms with Gasteiger partial charge < -0.3 is 25.4 Å². The number of carbonyl (C=O) groups is 2. The summed E-state index contributed by atoms with van der Waals surface area (Å²) >= 11 is 0. The number of para-hydroxylation sites is 2. The molecule has 34 heavy (non-hydrogen) atoms. The van der Waals surface area contributed by atoms with Crippen LogP contribution in [0.3, 0.4) is 0 Å². The smallest absolute Gasteiger partial charge is 0.224 e. The van der Waals surface area contributed by atoms with Gasteiger partial charge in [-0.3, -0.25) is 9.59 Å². The minimum atomic E-state index is -0.406. The Balaban J connectivity index is 1.60. The Labute approximate surface area is 201 Å². The number of amides is 2. The Kier molecular flexibility index (Phi) is 7.85. The first-order valence-corrected chi connectivity index (χ1v) is 12.1. The highest BCUT2D eigenvalue weighted by Gasteiger charge is 2.42. The van der Waals surface area contributed by atoms with Gasteiger partial charge in [0.1, 0.15) is 11.5 Å². The van der Waals surface area contributed by atoms with Crippen LogP contribution in [0.2, 0.25) is 0 Å². The molecule has 2 amide bonds. The van der Waals surface area contributed by atoms with Crippen LogP contribution in [0, 0.1) is 11.8 Å². The zero-order valence-corrected chi connectivity index (χ0v) is 20.1. The van der Waals surface area contributed by atoms with E-state index in [1.54, 1.807) is 14.2 Å². The third kappa shape index (κ3) is 4.95. The maximum absolute atomic E-state index is 13.3. The largest absolute Gasteiger partial charge is 0.457 e. The number of piperidine rings is 1. The van der Waals surface area contributed by atoms with Crippen molar-refractivity contribution < 1.29 is 19.1 Å². The second-order valence-corrected chi connectivity index (χ2v) is 9.25. The van der Waals surface area contributed by atoms with Gasteiger partial charge in [0.15, 0.2) is 0 Å². The average Bonchev–Trinajstić information content (AvgIpc) is 2.89. The fourth-order valence-corrected chi connectivity index (χ4v) is 5.31. The summed E-state index contributed by atoms with van der Waals surface area (Å²) in [5.74, 6) is 1.20. The number of carbonyl (C=O) groups excluding carboxylic acids is 2. The molecular formula is C27H35N3O4. The monoisotopic (exact) mass is 465 g/mol. The van der Waals surface area contributed by atoms with Crippen LogP contribution in [-0.4, -0.2) is 52.2 Å². The predicted octanol–water partition coefficient (Wildman–Crippen LogP) is 2.98. The second-order valence-electron chi connectivity index (χ2n) is 9.25. The van der Waals surface area contributed by atoms with Crippen molar-refractivity contribution in [1.29, 1.82) is 0 Å². The van der Waals surface area contributed by atoms with E-state index < -0.39 is 5.41 Å². The quantitative estimate of drug-likeness (QED) is 0.496. The number of fused-ring (bicyclic) bond motifs is 2. The molecule has 4 rings (SSSR count). The SMILES string of the molecule is CNC(=O)[C@H]1CNC[C@@H](C(=O)NCC2(CCCCOC)c3ccccc3Oc3ccccc32)C1. The molecule has 0 saturated carbocycles. The summed E-state index contributed by atoms with van der Waals surface area (Å²) in [7, 11) is 3.36. The molecule has 0 aliphatic carbocycles. The van der Waals surface area contributed by atoms with Gasteiger partial charge in [-0.05, 0) is 37.8 Å². The highest BCUT2D eigenvalue weighted by Crippen LogP contribution is 2.50. The van der Waals surface area contributed by atoms with Gasteiger partial charge in [0.25, 0.3) is 0 Å². The summed E-state index contributed by atoms with van der Waals surface area (Å²) in [6, 6.07) is 16.2. The van der Waals surface area contributed by atoms with Gasteiger partial charge in [0.2, 0.25) is 11.8 Å². The van der Waals surface area contributed by atoms with E-state index in [-0.39, 0.29) is 23.7 Å². The van der Waals surface area contributed by atoms with Crippen LogP contribution in [0.15, 0.2) is 48.5 Å². The highest BCUT2D eigenvalue weighted by molar-refractivity contribution is 5.83. The summed E-state index contributed by atoms with van der Waals surface area (Å²) < 4.78 is 11.5. The summed E-state index contributed by atoms with van der Waals surface area (Å²) in [5.41, 5.74) is 1.78. The Morgan fingerprint density at radius 1 is 1.00 bits per heavy atom. The molecule has 0 aromatic heterocycles. The van der Waals surface area contributed by atoms with Crippen LogP contribution in [0.4, 0.5) is 0 Å². The molecule has 2 atom stereocenters. The first-order chi connectivity index (χ1) is 16.6. The number of rotatable bonds is 9. The van der Waals surface area contributed by atoms with Gasteiger partial charge in [0.05, 0.1) is 11.8 Å². The normalized spacial score (nSPS) is 20.4. The van der Waals surface area contributed by atoms with Gasteiger partial charge in [-0.25, -0.2) is 0 Å². The molecule has 0 bridgehead atoms. The maximum atomic E-state index is 13.3. The van der Waals surface area contributed by atoms with Crippen molar-refractivity contribution in [2.75, 3.05) is 40.4 Å². The van der Waals surface area contributed by atoms with Crippen molar-refractivity contribution in [3.63, 3.8) is 0 Å². The van der Waals surface area contributed by atoms with Gasteiger partial charge in [-0.2, -0.15) is 0 Å². The topological polar surface area (TPSA) is 88.7 Å². The minimum Gasteiger partial charge on any atom is -0.457 e. The van der Waals surface area contributed by atoms with Gasteiger partial charge in [0, 0.05) is 56.9 Å². The number of unbranched alkanes of at least 4 members (excludes halogenated alkanes) is 1. The zero-order valence-electron chi connectivity index (χ0n) is 20.1. The summed E-state index contributed by atoms with van der Waals surface area (Å²) in [5, 5.41) is 9.22. The molecule has 3 N–H and O–H groups in total. The first kappa shape index (κ1) is 24.2. The molecular weight excluding hydrogens is 430 g/mol.